The van der Waals surface area contributed by atoms with Crippen LogP contribution in [0.4, 0.5) is 0 Å². The molecule has 6 heteroatoms. The first-order valence-electron chi connectivity index (χ1n) is 10.2. The van der Waals surface area contributed by atoms with Crippen LogP contribution in [0.25, 0.3) is 0 Å². The standard InChI is InChI=1S/C21H30O6/c1-16(2)6-5-7-19-13(16)12(23)14(24)21(27-15(19)25)18(4)11(10-22)17(18,3)8-9-20(19,21)26/h11,13-14,22,24,26H,5-10H2,1-4H3/t11-,13+,14+,17-,18+,19+,20+,21-/m1/s1. The summed E-state index contributed by atoms with van der Waals surface area (Å²) in [5, 5.41) is 33.5. The predicted octanol–water partition coefficient (Wildman–Crippen LogP) is 1.20. The van der Waals surface area contributed by atoms with Crippen LogP contribution in [0.2, 0.25) is 0 Å². The first kappa shape index (κ1) is 18.1. The molecule has 1 heterocycles. The normalized spacial score (nSPS) is 60.2. The van der Waals surface area contributed by atoms with Crippen molar-refractivity contribution < 1.29 is 29.6 Å². The second kappa shape index (κ2) is 4.44. The lowest BCUT2D eigenvalue weighted by Gasteiger charge is -2.63. The lowest BCUT2D eigenvalue weighted by Crippen LogP contribution is -2.79. The minimum atomic E-state index is -1.67. The summed E-state index contributed by atoms with van der Waals surface area (Å²) in [6, 6.07) is 0. The molecule has 0 unspecified atom stereocenters. The van der Waals surface area contributed by atoms with Crippen molar-refractivity contribution in [2.24, 2.45) is 33.5 Å². The van der Waals surface area contributed by atoms with Gasteiger partial charge in [0, 0.05) is 17.9 Å². The fourth-order valence-electron chi connectivity index (χ4n) is 8.69. The molecule has 1 aliphatic heterocycles. The predicted molar refractivity (Wildman–Crippen MR) is 94.4 cm³/mol. The molecule has 1 saturated heterocycles. The second-order valence-electron chi connectivity index (χ2n) is 10.9. The quantitative estimate of drug-likeness (QED) is 0.592. The van der Waals surface area contributed by atoms with E-state index in [2.05, 4.69) is 0 Å². The monoisotopic (exact) mass is 378 g/mol. The molecule has 0 aromatic carbocycles. The molecule has 6 nitrogen and oxygen atoms in total. The van der Waals surface area contributed by atoms with E-state index in [-0.39, 0.29) is 23.7 Å². The number of ketones is 1. The Balaban J connectivity index is 1.82. The van der Waals surface area contributed by atoms with Gasteiger partial charge in [0.05, 0.1) is 0 Å². The average molecular weight is 378 g/mol. The molecule has 3 N–H and O–H groups in total. The third kappa shape index (κ3) is 1.35. The van der Waals surface area contributed by atoms with Gasteiger partial charge in [-0.1, -0.05) is 34.1 Å². The van der Waals surface area contributed by atoms with Gasteiger partial charge >= 0.3 is 5.97 Å². The Morgan fingerprint density at radius 3 is 2.37 bits per heavy atom. The van der Waals surface area contributed by atoms with Gasteiger partial charge in [-0.05, 0) is 42.4 Å². The summed E-state index contributed by atoms with van der Waals surface area (Å²) in [6.07, 6.45) is 1.29. The van der Waals surface area contributed by atoms with E-state index < -0.39 is 45.4 Å². The highest BCUT2D eigenvalue weighted by Gasteiger charge is 2.97. The summed E-state index contributed by atoms with van der Waals surface area (Å²) in [6.45, 7) is 7.66. The third-order valence-corrected chi connectivity index (χ3v) is 10.1. The number of hydrogen-bond donors (Lipinski definition) is 3. The molecule has 5 fully saturated rings. The van der Waals surface area contributed by atoms with Crippen molar-refractivity contribution in [2.75, 3.05) is 6.61 Å². The molecule has 5 aliphatic rings. The first-order chi connectivity index (χ1) is 12.4. The number of esters is 1. The SMILES string of the molecule is CC1(C)CCC[C@@]23C(=O)O[C@@]4([C@@H](O)C(=O)[C@@H]12)[C@]3(O)CC[C@]1(C)[C@@H](CO)[C@]41C. The van der Waals surface area contributed by atoms with E-state index in [1.54, 1.807) is 0 Å². The van der Waals surface area contributed by atoms with E-state index in [1.165, 1.54) is 0 Å². The van der Waals surface area contributed by atoms with E-state index in [4.69, 9.17) is 4.74 Å². The zero-order chi connectivity index (χ0) is 19.8. The molecular formula is C21H30O6. The number of rotatable bonds is 1. The molecule has 0 amide bonds. The van der Waals surface area contributed by atoms with Gasteiger partial charge in [-0.2, -0.15) is 0 Å². The fourth-order valence-corrected chi connectivity index (χ4v) is 8.69. The Bertz CT molecular complexity index is 777. The molecule has 0 radical (unpaired) electrons. The van der Waals surface area contributed by atoms with Gasteiger partial charge in [-0.15, -0.1) is 0 Å². The minimum absolute atomic E-state index is 0.120. The van der Waals surface area contributed by atoms with Gasteiger partial charge in [0.15, 0.2) is 17.5 Å². The lowest BCUT2D eigenvalue weighted by molar-refractivity contribution is -0.276. The molecule has 27 heavy (non-hydrogen) atoms. The van der Waals surface area contributed by atoms with Crippen LogP contribution in [0, 0.1) is 33.5 Å². The molecule has 0 aromatic heterocycles. The highest BCUT2D eigenvalue weighted by molar-refractivity contribution is 6.00. The Morgan fingerprint density at radius 1 is 1.07 bits per heavy atom. The average Bonchev–Trinajstić information content (AvgIpc) is 3.05. The maximum Gasteiger partial charge on any atom is 0.316 e. The second-order valence-corrected chi connectivity index (χ2v) is 10.9. The highest BCUT2D eigenvalue weighted by atomic mass is 16.6. The van der Waals surface area contributed by atoms with Crippen LogP contribution >= 0.6 is 0 Å². The number of aliphatic hydroxyl groups is 3. The molecule has 2 bridgehead atoms. The number of hydrogen-bond acceptors (Lipinski definition) is 6. The summed E-state index contributed by atoms with van der Waals surface area (Å²) in [4.78, 5) is 27.0. The van der Waals surface area contributed by atoms with Crippen LogP contribution in [-0.2, 0) is 14.3 Å². The molecule has 5 rings (SSSR count). The zero-order valence-electron chi connectivity index (χ0n) is 16.5. The smallest absolute Gasteiger partial charge is 0.316 e. The van der Waals surface area contributed by atoms with Gasteiger partial charge in [-0.25, -0.2) is 0 Å². The van der Waals surface area contributed by atoms with Crippen molar-refractivity contribution in [3.05, 3.63) is 0 Å². The highest BCUT2D eigenvalue weighted by Crippen LogP contribution is 2.86. The Labute approximate surface area is 159 Å². The molecule has 8 atom stereocenters. The van der Waals surface area contributed by atoms with Crippen LogP contribution in [0.5, 0.6) is 0 Å². The van der Waals surface area contributed by atoms with Gasteiger partial charge < -0.3 is 20.1 Å². The topological polar surface area (TPSA) is 104 Å². The maximum absolute atomic E-state index is 13.5. The van der Waals surface area contributed by atoms with Gasteiger partial charge in [0.25, 0.3) is 0 Å². The maximum atomic E-state index is 13.5. The Hall–Kier alpha value is -0.980. The summed E-state index contributed by atoms with van der Waals surface area (Å²) >= 11 is 0. The van der Waals surface area contributed by atoms with Crippen molar-refractivity contribution in [1.29, 1.82) is 0 Å². The lowest BCUT2D eigenvalue weighted by atomic mass is 9.39. The van der Waals surface area contributed by atoms with E-state index in [0.717, 1.165) is 12.8 Å². The van der Waals surface area contributed by atoms with Gasteiger partial charge in [-0.3, -0.25) is 9.59 Å². The van der Waals surface area contributed by atoms with Crippen LogP contribution in [0.1, 0.15) is 59.8 Å². The number of aliphatic hydroxyl groups excluding tert-OH is 2. The van der Waals surface area contributed by atoms with Gasteiger partial charge in [0.1, 0.15) is 11.0 Å². The summed E-state index contributed by atoms with van der Waals surface area (Å²) < 4.78 is 6.00. The van der Waals surface area contributed by atoms with Crippen molar-refractivity contribution in [1.82, 2.24) is 0 Å². The van der Waals surface area contributed by atoms with Crippen molar-refractivity contribution >= 4 is 11.8 Å². The number of ether oxygens (including phenoxy) is 1. The Kier molecular flexibility index (Phi) is 2.97. The summed E-state index contributed by atoms with van der Waals surface area (Å²) in [5.41, 5.74) is -6.26. The Morgan fingerprint density at radius 2 is 1.74 bits per heavy atom. The van der Waals surface area contributed by atoms with Crippen LogP contribution in [0.3, 0.4) is 0 Å². The molecule has 4 aliphatic carbocycles. The molecule has 0 aromatic rings. The van der Waals surface area contributed by atoms with E-state index in [1.807, 2.05) is 27.7 Å². The van der Waals surface area contributed by atoms with E-state index >= 15 is 0 Å². The number of fused-ring (bicyclic) bond motifs is 1. The molecular weight excluding hydrogens is 348 g/mol. The zero-order valence-corrected chi connectivity index (χ0v) is 16.5. The number of carbonyl (C=O) groups excluding carboxylic acids is 2. The van der Waals surface area contributed by atoms with Crippen LogP contribution in [0.15, 0.2) is 0 Å². The molecule has 4 saturated carbocycles. The van der Waals surface area contributed by atoms with Crippen LogP contribution < -0.4 is 0 Å². The van der Waals surface area contributed by atoms with Crippen LogP contribution in [-0.4, -0.2) is 51.0 Å². The van der Waals surface area contributed by atoms with Crippen molar-refractivity contribution in [2.45, 2.75) is 77.1 Å². The van der Waals surface area contributed by atoms with E-state index in [0.29, 0.717) is 19.3 Å². The number of carbonyl (C=O) groups is 2. The summed E-state index contributed by atoms with van der Waals surface area (Å²) in [5.74, 6) is -1.87. The van der Waals surface area contributed by atoms with Gasteiger partial charge in [0.2, 0.25) is 0 Å². The minimum Gasteiger partial charge on any atom is -0.452 e. The third-order valence-electron chi connectivity index (χ3n) is 10.1. The molecule has 1 spiro atoms. The first-order valence-corrected chi connectivity index (χ1v) is 10.2. The number of Topliss-reactive ketones (excluding diaryl/α,β-unsaturated/α-hetero) is 1. The summed E-state index contributed by atoms with van der Waals surface area (Å²) in [7, 11) is 0. The van der Waals surface area contributed by atoms with Crippen molar-refractivity contribution in [3.63, 3.8) is 0 Å². The largest absolute Gasteiger partial charge is 0.452 e. The fraction of sp³-hybridized carbons (Fsp3) is 0.905. The van der Waals surface area contributed by atoms with Crippen molar-refractivity contribution in [3.8, 4) is 0 Å². The van der Waals surface area contributed by atoms with E-state index in [9.17, 15) is 24.9 Å². The molecule has 150 valence electrons.